The first-order chi connectivity index (χ1) is 11.1. The maximum Gasteiger partial charge on any atom is 0.331 e. The van der Waals surface area contributed by atoms with Gasteiger partial charge in [0.2, 0.25) is 0 Å². The maximum absolute atomic E-state index is 13.5. The predicted molar refractivity (Wildman–Crippen MR) is 86.5 cm³/mol. The molecular weight excluding hydrogens is 321 g/mol. The minimum atomic E-state index is -0.771. The second-order valence-electron chi connectivity index (χ2n) is 4.49. The van der Waals surface area contributed by atoms with E-state index in [1.807, 2.05) is 6.07 Å². The summed E-state index contributed by atoms with van der Waals surface area (Å²) < 4.78 is 18.3. The van der Waals surface area contributed by atoms with Gasteiger partial charge in [0.05, 0.1) is 5.02 Å². The van der Waals surface area contributed by atoms with Crippen molar-refractivity contribution in [2.75, 3.05) is 11.9 Å². The lowest BCUT2D eigenvalue weighted by Crippen LogP contribution is -2.20. The molecule has 0 heterocycles. The number of halogens is 2. The minimum Gasteiger partial charge on any atom is -0.452 e. The molecule has 6 heteroatoms. The monoisotopic (exact) mass is 333 g/mol. The van der Waals surface area contributed by atoms with Crippen molar-refractivity contribution in [3.63, 3.8) is 0 Å². The van der Waals surface area contributed by atoms with Crippen LogP contribution in [0.5, 0.6) is 0 Å². The fraction of sp³-hybridized carbons (Fsp3) is 0.0588. The summed E-state index contributed by atoms with van der Waals surface area (Å²) in [6, 6.07) is 13.0. The molecule has 0 aliphatic heterocycles. The Morgan fingerprint density at radius 1 is 1.13 bits per heavy atom. The lowest BCUT2D eigenvalue weighted by molar-refractivity contribution is -0.142. The number of hydrogen-bond acceptors (Lipinski definition) is 3. The van der Waals surface area contributed by atoms with Gasteiger partial charge in [-0.2, -0.15) is 0 Å². The number of carbonyl (C=O) groups is 2. The Hall–Kier alpha value is -2.66. The van der Waals surface area contributed by atoms with E-state index in [-0.39, 0.29) is 10.6 Å². The smallest absolute Gasteiger partial charge is 0.331 e. The van der Waals surface area contributed by atoms with Crippen LogP contribution < -0.4 is 5.32 Å². The second-order valence-corrected chi connectivity index (χ2v) is 4.90. The van der Waals surface area contributed by atoms with Crippen LogP contribution in [-0.2, 0) is 14.3 Å². The largest absolute Gasteiger partial charge is 0.452 e. The van der Waals surface area contributed by atoms with Crippen LogP contribution in [-0.4, -0.2) is 18.5 Å². The number of nitrogens with one attached hydrogen (secondary N) is 1. The van der Waals surface area contributed by atoms with Gasteiger partial charge in [0.1, 0.15) is 5.82 Å². The van der Waals surface area contributed by atoms with E-state index in [2.05, 4.69) is 5.32 Å². The number of anilines is 1. The fourth-order valence-electron chi connectivity index (χ4n) is 1.72. The number of benzene rings is 2. The van der Waals surface area contributed by atoms with E-state index in [1.165, 1.54) is 24.3 Å². The average molecular weight is 334 g/mol. The normalized spacial score (nSPS) is 10.5. The van der Waals surface area contributed by atoms with E-state index in [4.69, 9.17) is 16.3 Å². The Balaban J connectivity index is 1.85. The Labute approximate surface area is 137 Å². The highest BCUT2D eigenvalue weighted by Crippen LogP contribution is 2.20. The summed E-state index contributed by atoms with van der Waals surface area (Å²) in [4.78, 5) is 23.1. The number of amides is 1. The molecule has 118 valence electrons. The van der Waals surface area contributed by atoms with Crippen molar-refractivity contribution in [1.82, 2.24) is 0 Å². The van der Waals surface area contributed by atoms with Gasteiger partial charge in [-0.3, -0.25) is 4.79 Å². The molecule has 4 nitrogen and oxygen atoms in total. The lowest BCUT2D eigenvalue weighted by atomic mass is 10.2. The van der Waals surface area contributed by atoms with E-state index in [9.17, 15) is 14.0 Å². The van der Waals surface area contributed by atoms with Crippen LogP contribution in [0, 0.1) is 5.82 Å². The van der Waals surface area contributed by atoms with Crippen molar-refractivity contribution in [2.45, 2.75) is 0 Å². The molecule has 2 rings (SSSR count). The number of hydrogen-bond donors (Lipinski definition) is 1. The molecule has 0 spiro atoms. The van der Waals surface area contributed by atoms with Crippen LogP contribution in [0.2, 0.25) is 5.02 Å². The highest BCUT2D eigenvalue weighted by molar-refractivity contribution is 6.32. The molecule has 0 aliphatic carbocycles. The summed E-state index contributed by atoms with van der Waals surface area (Å²) in [5.41, 5.74) is 0.682. The molecule has 0 saturated carbocycles. The molecule has 2 aromatic carbocycles. The molecule has 0 bridgehead atoms. The molecule has 0 atom stereocenters. The first-order valence-corrected chi connectivity index (χ1v) is 7.08. The Morgan fingerprint density at radius 3 is 2.57 bits per heavy atom. The fourth-order valence-corrected chi connectivity index (χ4v) is 1.95. The van der Waals surface area contributed by atoms with Crippen LogP contribution >= 0.6 is 11.6 Å². The van der Waals surface area contributed by atoms with Gasteiger partial charge in [-0.1, -0.05) is 35.9 Å². The number of para-hydroxylation sites is 1. The molecule has 2 aromatic rings. The zero-order valence-corrected chi connectivity index (χ0v) is 12.7. The van der Waals surface area contributed by atoms with Crippen LogP contribution in [0.25, 0.3) is 6.08 Å². The van der Waals surface area contributed by atoms with Gasteiger partial charge in [-0.15, -0.1) is 0 Å². The van der Waals surface area contributed by atoms with Gasteiger partial charge in [0.15, 0.2) is 6.61 Å². The number of ether oxygens (including phenoxy) is 1. The highest BCUT2D eigenvalue weighted by atomic mass is 35.5. The third-order valence-corrected chi connectivity index (χ3v) is 3.12. The van der Waals surface area contributed by atoms with E-state index in [1.54, 1.807) is 24.3 Å². The van der Waals surface area contributed by atoms with Gasteiger partial charge < -0.3 is 10.1 Å². The van der Waals surface area contributed by atoms with Gasteiger partial charge >= 0.3 is 5.97 Å². The summed E-state index contributed by atoms with van der Waals surface area (Å²) >= 11 is 5.82. The van der Waals surface area contributed by atoms with Gasteiger partial charge in [0.25, 0.3) is 5.91 Å². The molecule has 1 N–H and O–H groups in total. The van der Waals surface area contributed by atoms with Gasteiger partial charge in [-0.05, 0) is 30.3 Å². The second kappa shape index (κ2) is 8.10. The summed E-state index contributed by atoms with van der Waals surface area (Å²) in [6.07, 6.45) is 2.22. The standard InChI is InChI=1S/C17H13ClFNO3/c18-14-7-4-8-15(19)13(14)9-10-17(22)23-11-16(21)20-12-5-2-1-3-6-12/h1-10H,11H2,(H,20,21). The summed E-state index contributed by atoms with van der Waals surface area (Å²) in [7, 11) is 0. The third-order valence-electron chi connectivity index (χ3n) is 2.79. The Kier molecular flexibility index (Phi) is 5.88. The molecule has 0 radical (unpaired) electrons. The summed E-state index contributed by atoms with van der Waals surface area (Å²) in [6.45, 7) is -0.441. The zero-order chi connectivity index (χ0) is 16.7. The summed E-state index contributed by atoms with van der Waals surface area (Å²) in [5.74, 6) is -1.79. The molecule has 0 fully saturated rings. The Morgan fingerprint density at radius 2 is 1.87 bits per heavy atom. The van der Waals surface area contributed by atoms with Gasteiger partial charge in [-0.25, -0.2) is 9.18 Å². The van der Waals surface area contributed by atoms with E-state index >= 15 is 0 Å². The van der Waals surface area contributed by atoms with Crippen molar-refractivity contribution in [3.8, 4) is 0 Å². The van der Waals surface area contributed by atoms with Crippen LogP contribution in [0.1, 0.15) is 5.56 Å². The topological polar surface area (TPSA) is 55.4 Å². The van der Waals surface area contributed by atoms with E-state index in [0.717, 1.165) is 6.08 Å². The van der Waals surface area contributed by atoms with E-state index < -0.39 is 24.3 Å². The summed E-state index contributed by atoms with van der Waals surface area (Å²) in [5, 5.41) is 2.74. The highest BCUT2D eigenvalue weighted by Gasteiger charge is 2.07. The SMILES string of the molecule is O=C(COC(=O)C=Cc1c(F)cccc1Cl)Nc1ccccc1. The van der Waals surface area contributed by atoms with Crippen molar-refractivity contribution >= 4 is 35.2 Å². The number of rotatable bonds is 5. The first kappa shape index (κ1) is 16.7. The zero-order valence-electron chi connectivity index (χ0n) is 12.0. The van der Waals surface area contributed by atoms with Crippen molar-refractivity contribution in [2.24, 2.45) is 0 Å². The van der Waals surface area contributed by atoms with Crippen LogP contribution in [0.15, 0.2) is 54.6 Å². The predicted octanol–water partition coefficient (Wildman–Crippen LogP) is 3.67. The lowest BCUT2D eigenvalue weighted by Gasteiger charge is -2.05. The van der Waals surface area contributed by atoms with E-state index in [0.29, 0.717) is 5.69 Å². The average Bonchev–Trinajstić information content (AvgIpc) is 2.53. The molecule has 0 aromatic heterocycles. The van der Waals surface area contributed by atoms with Crippen molar-refractivity contribution < 1.29 is 18.7 Å². The third kappa shape index (κ3) is 5.23. The Bertz CT molecular complexity index is 712. The first-order valence-electron chi connectivity index (χ1n) is 6.70. The minimum absolute atomic E-state index is 0.0832. The van der Waals surface area contributed by atoms with Crippen LogP contribution in [0.3, 0.4) is 0 Å². The molecule has 0 aliphatic rings. The number of carbonyl (C=O) groups excluding carboxylic acids is 2. The van der Waals surface area contributed by atoms with Crippen molar-refractivity contribution in [1.29, 1.82) is 0 Å². The molecule has 23 heavy (non-hydrogen) atoms. The van der Waals surface area contributed by atoms with Crippen LogP contribution in [0.4, 0.5) is 10.1 Å². The quantitative estimate of drug-likeness (QED) is 0.671. The van der Waals surface area contributed by atoms with Crippen molar-refractivity contribution in [3.05, 3.63) is 71.0 Å². The maximum atomic E-state index is 13.5. The molecule has 1 amide bonds. The molecule has 0 saturated heterocycles. The van der Waals surface area contributed by atoms with Gasteiger partial charge in [0, 0.05) is 17.3 Å². The number of esters is 1. The molecular formula is C17H13ClFNO3. The molecule has 0 unspecified atom stereocenters.